The van der Waals surface area contributed by atoms with Crippen LogP contribution in [0.25, 0.3) is 10.1 Å². The Balaban J connectivity index is 1.26. The lowest BCUT2D eigenvalue weighted by molar-refractivity contribution is 0.194. The summed E-state index contributed by atoms with van der Waals surface area (Å²) in [6.07, 6.45) is 0.874. The zero-order chi connectivity index (χ0) is 18.6. The van der Waals surface area contributed by atoms with E-state index in [9.17, 15) is 4.79 Å². The number of nitrogens with zero attached hydrogens (tertiary/aromatic N) is 2. The zero-order valence-electron chi connectivity index (χ0n) is 15.6. The fourth-order valence-corrected chi connectivity index (χ4v) is 4.63. The zero-order valence-corrected chi connectivity index (χ0v) is 16.5. The second-order valence-corrected chi connectivity index (χ2v) is 7.96. The molecule has 1 aliphatic heterocycles. The maximum Gasteiger partial charge on any atom is 0.317 e. The molecule has 0 bridgehead atoms. The van der Waals surface area contributed by atoms with Crippen molar-refractivity contribution in [1.82, 2.24) is 10.2 Å². The molecular weight excluding hydrogens is 354 g/mol. The largest absolute Gasteiger partial charge is 0.368 e. The van der Waals surface area contributed by atoms with Gasteiger partial charge in [0.25, 0.3) is 0 Å². The van der Waals surface area contributed by atoms with Crippen LogP contribution in [0.15, 0.2) is 53.9 Å². The Morgan fingerprint density at radius 1 is 1.07 bits per heavy atom. The van der Waals surface area contributed by atoms with Crippen molar-refractivity contribution in [3.8, 4) is 0 Å². The van der Waals surface area contributed by atoms with E-state index in [2.05, 4.69) is 71.1 Å². The molecule has 0 saturated carbocycles. The quantitative estimate of drug-likeness (QED) is 0.734. The smallest absolute Gasteiger partial charge is 0.317 e. The number of aryl methyl sites for hydroxylation is 1. The molecule has 2 heterocycles. The van der Waals surface area contributed by atoms with Gasteiger partial charge in [-0.25, -0.2) is 4.79 Å². The van der Waals surface area contributed by atoms with Crippen LogP contribution in [0.5, 0.6) is 0 Å². The molecule has 2 aromatic carbocycles. The lowest BCUT2D eigenvalue weighted by atomic mass is 10.1. The third-order valence-electron chi connectivity index (χ3n) is 5.17. The van der Waals surface area contributed by atoms with Crippen molar-refractivity contribution in [2.75, 3.05) is 37.6 Å². The number of urea groups is 1. The molecule has 27 heavy (non-hydrogen) atoms. The summed E-state index contributed by atoms with van der Waals surface area (Å²) >= 11 is 1.77. The van der Waals surface area contributed by atoms with Crippen molar-refractivity contribution in [1.29, 1.82) is 0 Å². The average Bonchev–Trinajstić information content (AvgIpc) is 3.11. The van der Waals surface area contributed by atoms with E-state index < -0.39 is 0 Å². The van der Waals surface area contributed by atoms with E-state index in [4.69, 9.17) is 0 Å². The SMILES string of the molecule is Cc1cccc(N2CCN(C(=O)NCCc3csc4ccccc34)CC2)c1. The number of carbonyl (C=O) groups is 1. The van der Waals surface area contributed by atoms with Gasteiger partial charge in [-0.1, -0.05) is 30.3 Å². The predicted molar refractivity (Wildman–Crippen MR) is 114 cm³/mol. The first-order valence-electron chi connectivity index (χ1n) is 9.50. The second-order valence-electron chi connectivity index (χ2n) is 7.05. The number of thiophene rings is 1. The Morgan fingerprint density at radius 2 is 1.89 bits per heavy atom. The minimum atomic E-state index is 0.0541. The van der Waals surface area contributed by atoms with Crippen molar-refractivity contribution in [3.05, 3.63) is 65.0 Å². The van der Waals surface area contributed by atoms with Gasteiger partial charge in [-0.15, -0.1) is 11.3 Å². The van der Waals surface area contributed by atoms with Crippen LogP contribution in [0.2, 0.25) is 0 Å². The molecular formula is C22H25N3OS. The number of rotatable bonds is 4. The standard InChI is InChI=1S/C22H25N3OS/c1-17-5-4-6-19(15-17)24-11-13-25(14-12-24)22(26)23-10-9-18-16-27-21-8-3-2-7-20(18)21/h2-8,15-16H,9-14H2,1H3,(H,23,26). The van der Waals surface area contributed by atoms with Crippen LogP contribution < -0.4 is 10.2 Å². The normalized spacial score (nSPS) is 14.6. The van der Waals surface area contributed by atoms with E-state index in [0.717, 1.165) is 32.6 Å². The topological polar surface area (TPSA) is 35.6 Å². The number of amides is 2. The van der Waals surface area contributed by atoms with E-state index in [1.165, 1.54) is 26.9 Å². The molecule has 0 unspecified atom stereocenters. The monoisotopic (exact) mass is 379 g/mol. The van der Waals surface area contributed by atoms with Crippen molar-refractivity contribution < 1.29 is 4.79 Å². The molecule has 4 nitrogen and oxygen atoms in total. The van der Waals surface area contributed by atoms with E-state index in [1.54, 1.807) is 11.3 Å². The highest BCUT2D eigenvalue weighted by Crippen LogP contribution is 2.25. The third kappa shape index (κ3) is 4.08. The molecule has 5 heteroatoms. The van der Waals surface area contributed by atoms with Crippen LogP contribution in [0.1, 0.15) is 11.1 Å². The summed E-state index contributed by atoms with van der Waals surface area (Å²) in [5.41, 5.74) is 3.84. The van der Waals surface area contributed by atoms with Crippen molar-refractivity contribution in [3.63, 3.8) is 0 Å². The first kappa shape index (κ1) is 17.9. The average molecular weight is 380 g/mol. The molecule has 1 aromatic heterocycles. The number of anilines is 1. The summed E-state index contributed by atoms with van der Waals surface area (Å²) < 4.78 is 1.31. The van der Waals surface area contributed by atoms with Crippen LogP contribution in [0.4, 0.5) is 10.5 Å². The van der Waals surface area contributed by atoms with Crippen molar-refractivity contribution in [2.45, 2.75) is 13.3 Å². The molecule has 0 atom stereocenters. The molecule has 4 rings (SSSR count). The number of hydrogen-bond donors (Lipinski definition) is 1. The molecule has 140 valence electrons. The fourth-order valence-electron chi connectivity index (χ4n) is 3.63. The highest BCUT2D eigenvalue weighted by atomic mass is 32.1. The second kappa shape index (κ2) is 8.01. The van der Waals surface area contributed by atoms with E-state index in [1.807, 2.05) is 4.90 Å². The molecule has 0 aliphatic carbocycles. The molecule has 1 aliphatic rings. The molecule has 1 N–H and O–H groups in total. The highest BCUT2D eigenvalue weighted by molar-refractivity contribution is 7.17. The number of benzene rings is 2. The van der Waals surface area contributed by atoms with Crippen LogP contribution in [-0.2, 0) is 6.42 Å². The molecule has 0 radical (unpaired) electrons. The minimum Gasteiger partial charge on any atom is -0.368 e. The van der Waals surface area contributed by atoms with Gasteiger partial charge in [0.2, 0.25) is 0 Å². The molecule has 2 amide bonds. The summed E-state index contributed by atoms with van der Waals surface area (Å²) in [6, 6.07) is 17.1. The van der Waals surface area contributed by atoms with Gasteiger partial charge in [-0.3, -0.25) is 0 Å². The van der Waals surface area contributed by atoms with Gasteiger partial charge in [0.1, 0.15) is 0 Å². The van der Waals surface area contributed by atoms with Gasteiger partial charge in [0.05, 0.1) is 0 Å². The summed E-state index contributed by atoms with van der Waals surface area (Å²) in [5.74, 6) is 0. The number of carbonyl (C=O) groups excluding carboxylic acids is 1. The minimum absolute atomic E-state index is 0.0541. The maximum absolute atomic E-state index is 12.5. The van der Waals surface area contributed by atoms with Gasteiger partial charge in [0, 0.05) is 43.1 Å². The first-order valence-corrected chi connectivity index (χ1v) is 10.4. The molecule has 1 saturated heterocycles. The lowest BCUT2D eigenvalue weighted by Crippen LogP contribution is -2.52. The van der Waals surface area contributed by atoms with Gasteiger partial charge in [0.15, 0.2) is 0 Å². The summed E-state index contributed by atoms with van der Waals surface area (Å²) in [6.45, 7) is 6.09. The van der Waals surface area contributed by atoms with Crippen LogP contribution in [-0.4, -0.2) is 43.7 Å². The van der Waals surface area contributed by atoms with E-state index in [0.29, 0.717) is 6.54 Å². The van der Waals surface area contributed by atoms with Crippen LogP contribution in [0, 0.1) is 6.92 Å². The lowest BCUT2D eigenvalue weighted by Gasteiger charge is -2.36. The first-order chi connectivity index (χ1) is 13.2. The van der Waals surface area contributed by atoms with E-state index >= 15 is 0 Å². The van der Waals surface area contributed by atoms with Crippen molar-refractivity contribution >= 4 is 33.1 Å². The van der Waals surface area contributed by atoms with Gasteiger partial charge < -0.3 is 15.1 Å². The summed E-state index contributed by atoms with van der Waals surface area (Å²) in [4.78, 5) is 16.8. The molecule has 0 spiro atoms. The number of piperazine rings is 1. The van der Waals surface area contributed by atoms with Crippen LogP contribution >= 0.6 is 11.3 Å². The van der Waals surface area contributed by atoms with Crippen molar-refractivity contribution in [2.24, 2.45) is 0 Å². The summed E-state index contributed by atoms with van der Waals surface area (Å²) in [5, 5.41) is 6.61. The Bertz CT molecular complexity index is 928. The molecule has 1 fully saturated rings. The number of nitrogens with one attached hydrogen (secondary N) is 1. The molecule has 3 aromatic rings. The Labute approximate surface area is 164 Å². The van der Waals surface area contributed by atoms with Crippen LogP contribution in [0.3, 0.4) is 0 Å². The van der Waals surface area contributed by atoms with E-state index in [-0.39, 0.29) is 6.03 Å². The van der Waals surface area contributed by atoms with Gasteiger partial charge in [-0.05, 0) is 53.4 Å². The predicted octanol–water partition coefficient (Wildman–Crippen LogP) is 4.28. The maximum atomic E-state index is 12.5. The number of fused-ring (bicyclic) bond motifs is 1. The third-order valence-corrected chi connectivity index (χ3v) is 6.18. The van der Waals surface area contributed by atoms with Gasteiger partial charge >= 0.3 is 6.03 Å². The fraction of sp³-hybridized carbons (Fsp3) is 0.318. The Morgan fingerprint density at radius 3 is 2.70 bits per heavy atom. The summed E-state index contributed by atoms with van der Waals surface area (Å²) in [7, 11) is 0. The highest BCUT2D eigenvalue weighted by Gasteiger charge is 2.21. The van der Waals surface area contributed by atoms with Gasteiger partial charge in [-0.2, -0.15) is 0 Å². The Kier molecular flexibility index (Phi) is 5.30. The Hall–Kier alpha value is -2.53. The number of hydrogen-bond acceptors (Lipinski definition) is 3.